The van der Waals surface area contributed by atoms with E-state index in [-0.39, 0.29) is 5.82 Å². The first-order valence-electron chi connectivity index (χ1n) is 5.71. The minimum absolute atomic E-state index is 0.273. The number of nitrogens with zero attached hydrogens (tertiary/aromatic N) is 2. The van der Waals surface area contributed by atoms with Gasteiger partial charge in [0.2, 0.25) is 5.67 Å². The zero-order valence-electron chi connectivity index (χ0n) is 10.6. The standard InChI is InChI=1S/C12H12F3N3O3/c1-3-11(14)9(20)12(15,5-19)21-10(11)18-4-7(13)8(16)17-6(18)2/h1,4,9-10,19-20H,2,5H2,(H2,16,17)/t9-,10-,11?,12-/m1/s1. The number of aliphatic hydroxyl groups excluding tert-OH is 2. The van der Waals surface area contributed by atoms with Gasteiger partial charge in [-0.05, 0) is 0 Å². The fraction of sp³-hybridized carbons (Fsp3) is 0.417. The van der Waals surface area contributed by atoms with E-state index in [0.29, 0.717) is 11.1 Å². The number of alkyl halides is 2. The smallest absolute Gasteiger partial charge is 0.264 e. The molecule has 0 spiro atoms. The number of nitrogens with two attached hydrogens (primary N) is 1. The van der Waals surface area contributed by atoms with Gasteiger partial charge in [-0.2, -0.15) is 0 Å². The number of aliphatic imine (C=N–C) groups is 1. The minimum atomic E-state index is -3.15. The second kappa shape index (κ2) is 4.77. The number of hydrogen-bond donors (Lipinski definition) is 3. The van der Waals surface area contributed by atoms with Gasteiger partial charge in [-0.3, -0.25) is 4.90 Å². The first-order valence-corrected chi connectivity index (χ1v) is 5.71. The van der Waals surface area contributed by atoms with Gasteiger partial charge >= 0.3 is 0 Å². The Hall–Kier alpha value is -2.02. The monoisotopic (exact) mass is 303 g/mol. The fourth-order valence-corrected chi connectivity index (χ4v) is 2.03. The van der Waals surface area contributed by atoms with Crippen molar-refractivity contribution >= 4 is 5.84 Å². The van der Waals surface area contributed by atoms with E-state index in [1.807, 2.05) is 0 Å². The summed E-state index contributed by atoms with van der Waals surface area (Å²) in [4.78, 5) is 4.15. The number of amidine groups is 1. The minimum Gasteiger partial charge on any atom is -0.390 e. The van der Waals surface area contributed by atoms with Gasteiger partial charge < -0.3 is 20.7 Å². The summed E-state index contributed by atoms with van der Waals surface area (Å²) in [5.74, 6) is -3.40. The van der Waals surface area contributed by atoms with Crippen molar-refractivity contribution < 1.29 is 28.1 Å². The van der Waals surface area contributed by atoms with Crippen LogP contribution in [0, 0.1) is 12.3 Å². The molecule has 21 heavy (non-hydrogen) atoms. The van der Waals surface area contributed by atoms with Gasteiger partial charge in [-0.25, -0.2) is 18.2 Å². The van der Waals surface area contributed by atoms with E-state index < -0.39 is 42.1 Å². The molecule has 0 amide bonds. The van der Waals surface area contributed by atoms with Crippen LogP contribution in [0.2, 0.25) is 0 Å². The molecule has 2 heterocycles. The highest BCUT2D eigenvalue weighted by Crippen LogP contribution is 2.44. The van der Waals surface area contributed by atoms with Crippen LogP contribution < -0.4 is 5.73 Å². The third kappa shape index (κ3) is 2.08. The number of terminal acetylenes is 1. The lowest BCUT2D eigenvalue weighted by Gasteiger charge is -2.33. The lowest BCUT2D eigenvalue weighted by atomic mass is 9.95. The molecule has 2 aliphatic rings. The molecule has 0 aliphatic carbocycles. The average molecular weight is 303 g/mol. The first kappa shape index (κ1) is 15.4. The van der Waals surface area contributed by atoms with Crippen LogP contribution >= 0.6 is 0 Å². The maximum absolute atomic E-state index is 14.7. The molecule has 1 unspecified atom stereocenters. The summed E-state index contributed by atoms with van der Waals surface area (Å²) >= 11 is 0. The van der Waals surface area contributed by atoms with Gasteiger partial charge in [-0.1, -0.05) is 12.5 Å². The van der Waals surface area contributed by atoms with E-state index in [4.69, 9.17) is 17.3 Å². The Labute approximate surface area is 118 Å². The molecular formula is C12H12F3N3O3. The van der Waals surface area contributed by atoms with Crippen molar-refractivity contribution in [2.45, 2.75) is 23.9 Å². The molecule has 0 aromatic heterocycles. The quantitative estimate of drug-likeness (QED) is 0.607. The Morgan fingerprint density at radius 1 is 1.62 bits per heavy atom. The summed E-state index contributed by atoms with van der Waals surface area (Å²) in [6.45, 7) is 2.04. The van der Waals surface area contributed by atoms with Crippen LogP contribution in [0.1, 0.15) is 0 Å². The summed E-state index contributed by atoms with van der Waals surface area (Å²) in [6.07, 6.45) is 1.19. The molecule has 0 saturated carbocycles. The molecule has 114 valence electrons. The van der Waals surface area contributed by atoms with E-state index >= 15 is 0 Å². The Morgan fingerprint density at radius 2 is 2.24 bits per heavy atom. The summed E-state index contributed by atoms with van der Waals surface area (Å²) in [7, 11) is 0. The predicted octanol–water partition coefficient (Wildman–Crippen LogP) is -0.342. The summed E-state index contributed by atoms with van der Waals surface area (Å²) in [5, 5.41) is 18.6. The van der Waals surface area contributed by atoms with Crippen molar-refractivity contribution in [3.05, 3.63) is 24.4 Å². The van der Waals surface area contributed by atoms with E-state index in [2.05, 4.69) is 16.3 Å². The largest absolute Gasteiger partial charge is 0.390 e. The van der Waals surface area contributed by atoms with Gasteiger partial charge in [-0.15, -0.1) is 6.42 Å². The molecule has 2 aliphatic heterocycles. The molecular weight excluding hydrogens is 291 g/mol. The van der Waals surface area contributed by atoms with Crippen molar-refractivity contribution in [1.29, 1.82) is 0 Å². The molecule has 1 saturated heterocycles. The van der Waals surface area contributed by atoms with E-state index in [1.165, 1.54) is 0 Å². The van der Waals surface area contributed by atoms with Crippen LogP contribution in [0.25, 0.3) is 0 Å². The lowest BCUT2D eigenvalue weighted by Crippen LogP contribution is -2.51. The summed E-state index contributed by atoms with van der Waals surface area (Å²) in [5.41, 5.74) is 2.15. The number of ether oxygens (including phenoxy) is 1. The SMILES string of the molecule is C#CC1(F)[C@@H](O)[C@@](F)(CO)O[C@H]1N1C=C(F)C(N)=NC1=C. The van der Waals surface area contributed by atoms with Crippen molar-refractivity contribution in [2.24, 2.45) is 10.7 Å². The topological polar surface area (TPSA) is 91.3 Å². The zero-order chi connectivity index (χ0) is 16.0. The van der Waals surface area contributed by atoms with Crippen LogP contribution in [0.3, 0.4) is 0 Å². The molecule has 1 fully saturated rings. The highest BCUT2D eigenvalue weighted by atomic mass is 19.2. The van der Waals surface area contributed by atoms with Crippen LogP contribution in [-0.2, 0) is 4.74 Å². The van der Waals surface area contributed by atoms with Gasteiger partial charge in [0.05, 0.1) is 0 Å². The fourth-order valence-electron chi connectivity index (χ4n) is 2.03. The Morgan fingerprint density at radius 3 is 2.76 bits per heavy atom. The van der Waals surface area contributed by atoms with Gasteiger partial charge in [0.1, 0.15) is 12.4 Å². The van der Waals surface area contributed by atoms with Crippen molar-refractivity contribution in [1.82, 2.24) is 4.90 Å². The third-order valence-corrected chi connectivity index (χ3v) is 3.21. The maximum Gasteiger partial charge on any atom is 0.264 e. The molecule has 0 aromatic rings. The van der Waals surface area contributed by atoms with E-state index in [1.54, 1.807) is 5.92 Å². The first-order chi connectivity index (χ1) is 9.69. The van der Waals surface area contributed by atoms with Crippen LogP contribution in [0.5, 0.6) is 0 Å². The second-order valence-electron chi connectivity index (χ2n) is 4.53. The Bertz CT molecular complexity index is 588. The third-order valence-electron chi connectivity index (χ3n) is 3.21. The second-order valence-corrected chi connectivity index (χ2v) is 4.53. The van der Waals surface area contributed by atoms with Crippen molar-refractivity contribution in [3.63, 3.8) is 0 Å². The van der Waals surface area contributed by atoms with Crippen LogP contribution in [-0.4, -0.2) is 51.4 Å². The average Bonchev–Trinajstić information content (AvgIpc) is 2.66. The summed E-state index contributed by atoms with van der Waals surface area (Å²) in [6, 6.07) is 0. The van der Waals surface area contributed by atoms with Crippen LogP contribution in [0.15, 0.2) is 29.4 Å². The molecule has 9 heteroatoms. The van der Waals surface area contributed by atoms with Crippen molar-refractivity contribution in [2.75, 3.05) is 6.61 Å². The molecule has 0 bridgehead atoms. The lowest BCUT2D eigenvalue weighted by molar-refractivity contribution is -0.209. The predicted molar refractivity (Wildman–Crippen MR) is 66.3 cm³/mol. The number of hydrogen-bond acceptors (Lipinski definition) is 6. The molecule has 4 N–H and O–H groups in total. The van der Waals surface area contributed by atoms with Crippen molar-refractivity contribution in [3.8, 4) is 12.3 Å². The molecule has 6 nitrogen and oxygen atoms in total. The molecule has 0 radical (unpaired) electrons. The van der Waals surface area contributed by atoms with Gasteiger partial charge in [0.25, 0.3) is 5.85 Å². The van der Waals surface area contributed by atoms with E-state index in [0.717, 1.165) is 0 Å². The Balaban J connectivity index is 2.45. The molecule has 4 atom stereocenters. The van der Waals surface area contributed by atoms with Gasteiger partial charge in [0, 0.05) is 6.20 Å². The number of rotatable bonds is 2. The van der Waals surface area contributed by atoms with E-state index in [9.17, 15) is 18.3 Å². The van der Waals surface area contributed by atoms with Gasteiger partial charge in [0.15, 0.2) is 24.0 Å². The number of halogens is 3. The summed E-state index contributed by atoms with van der Waals surface area (Å²) < 4.78 is 47.0. The Kier molecular flexibility index (Phi) is 3.49. The zero-order valence-corrected chi connectivity index (χ0v) is 10.6. The highest BCUT2D eigenvalue weighted by Gasteiger charge is 2.67. The highest BCUT2D eigenvalue weighted by molar-refractivity contribution is 5.96. The van der Waals surface area contributed by atoms with Crippen LogP contribution in [0.4, 0.5) is 13.2 Å². The normalized spacial score (nSPS) is 39.8. The number of aliphatic hydroxyl groups is 2. The molecule has 2 rings (SSSR count). The molecule has 0 aromatic carbocycles. The maximum atomic E-state index is 14.7.